The molecular weight excluding hydrogens is 190 g/mol. The zero-order valence-electron chi connectivity index (χ0n) is 7.60. The molecule has 0 bridgehead atoms. The van der Waals surface area contributed by atoms with Crippen molar-refractivity contribution in [1.82, 2.24) is 5.32 Å². The lowest BCUT2D eigenvalue weighted by Gasteiger charge is -2.11. The molecule has 0 amide bonds. The van der Waals surface area contributed by atoms with Crippen molar-refractivity contribution < 1.29 is 9.84 Å². The second-order valence-corrected chi connectivity index (χ2v) is 3.02. The van der Waals surface area contributed by atoms with E-state index in [1.165, 1.54) is 7.11 Å². The average molecular weight is 202 g/mol. The Morgan fingerprint density at radius 3 is 2.77 bits per heavy atom. The van der Waals surface area contributed by atoms with E-state index in [9.17, 15) is 5.11 Å². The van der Waals surface area contributed by atoms with Gasteiger partial charge in [-0.05, 0) is 19.2 Å². The average Bonchev–Trinajstić information content (AvgIpc) is 2.12. The minimum Gasteiger partial charge on any atom is -0.507 e. The topological polar surface area (TPSA) is 41.5 Å². The Labute approximate surface area is 82.3 Å². The summed E-state index contributed by atoms with van der Waals surface area (Å²) in [5.41, 5.74) is 0.678. The first kappa shape index (κ1) is 10.2. The fraction of sp³-hybridized carbons (Fsp3) is 0.333. The Kier molecular flexibility index (Phi) is 3.39. The zero-order valence-corrected chi connectivity index (χ0v) is 8.35. The Hall–Kier alpha value is -0.930. The van der Waals surface area contributed by atoms with Gasteiger partial charge in [0, 0.05) is 6.54 Å². The SMILES string of the molecule is CNCc1c(O)ccc(Cl)c1OC. The molecule has 0 aliphatic carbocycles. The monoisotopic (exact) mass is 201 g/mol. The molecule has 0 atom stereocenters. The summed E-state index contributed by atoms with van der Waals surface area (Å²) in [6.45, 7) is 0.523. The summed E-state index contributed by atoms with van der Waals surface area (Å²) in [5, 5.41) is 12.9. The molecule has 4 heteroatoms. The van der Waals surface area contributed by atoms with Crippen molar-refractivity contribution in [3.05, 3.63) is 22.7 Å². The molecule has 0 saturated carbocycles. The molecule has 72 valence electrons. The first-order valence-corrected chi connectivity index (χ1v) is 4.27. The van der Waals surface area contributed by atoms with E-state index in [2.05, 4.69) is 5.32 Å². The molecule has 0 aliphatic heterocycles. The molecule has 2 N–H and O–H groups in total. The second kappa shape index (κ2) is 4.35. The Morgan fingerprint density at radius 1 is 1.54 bits per heavy atom. The van der Waals surface area contributed by atoms with E-state index in [0.29, 0.717) is 22.9 Å². The Morgan fingerprint density at radius 2 is 2.23 bits per heavy atom. The van der Waals surface area contributed by atoms with Crippen molar-refractivity contribution >= 4 is 11.6 Å². The van der Waals surface area contributed by atoms with Crippen LogP contribution in [0.4, 0.5) is 0 Å². The summed E-state index contributed by atoms with van der Waals surface area (Å²) in [7, 11) is 3.32. The van der Waals surface area contributed by atoms with E-state index < -0.39 is 0 Å². The summed E-state index contributed by atoms with van der Waals surface area (Å²) in [4.78, 5) is 0. The van der Waals surface area contributed by atoms with E-state index in [4.69, 9.17) is 16.3 Å². The van der Waals surface area contributed by atoms with Crippen LogP contribution in [0.15, 0.2) is 12.1 Å². The molecule has 0 saturated heterocycles. The maximum atomic E-state index is 9.50. The maximum absolute atomic E-state index is 9.50. The van der Waals surface area contributed by atoms with Crippen molar-refractivity contribution in [2.75, 3.05) is 14.2 Å². The molecule has 0 fully saturated rings. The number of aromatic hydroxyl groups is 1. The predicted octanol–water partition coefficient (Wildman–Crippen LogP) is 1.77. The van der Waals surface area contributed by atoms with Gasteiger partial charge in [0.2, 0.25) is 0 Å². The van der Waals surface area contributed by atoms with Crippen LogP contribution in [0.1, 0.15) is 5.56 Å². The summed E-state index contributed by atoms with van der Waals surface area (Å²) in [6.07, 6.45) is 0. The van der Waals surface area contributed by atoms with Crippen LogP contribution in [0.3, 0.4) is 0 Å². The van der Waals surface area contributed by atoms with Crippen molar-refractivity contribution in [3.8, 4) is 11.5 Å². The lowest BCUT2D eigenvalue weighted by atomic mass is 10.1. The third-order valence-electron chi connectivity index (χ3n) is 1.75. The normalized spacial score (nSPS) is 10.1. The predicted molar refractivity (Wildman–Crippen MR) is 52.4 cm³/mol. The van der Waals surface area contributed by atoms with Gasteiger partial charge in [-0.15, -0.1) is 0 Å². The Balaban J connectivity index is 3.18. The number of phenolic OH excluding ortho intramolecular Hbond substituents is 1. The summed E-state index contributed by atoms with van der Waals surface area (Å²) < 4.78 is 5.08. The van der Waals surface area contributed by atoms with Crippen LogP contribution in [-0.4, -0.2) is 19.3 Å². The highest BCUT2D eigenvalue weighted by Crippen LogP contribution is 2.34. The molecule has 0 aliphatic rings. The number of rotatable bonds is 3. The van der Waals surface area contributed by atoms with E-state index in [1.807, 2.05) is 0 Å². The molecule has 0 aromatic heterocycles. The number of phenols is 1. The van der Waals surface area contributed by atoms with E-state index in [0.717, 1.165) is 0 Å². The van der Waals surface area contributed by atoms with Gasteiger partial charge in [0.05, 0.1) is 17.7 Å². The first-order valence-electron chi connectivity index (χ1n) is 3.89. The van der Waals surface area contributed by atoms with Crippen molar-refractivity contribution in [1.29, 1.82) is 0 Å². The molecule has 1 rings (SSSR count). The van der Waals surface area contributed by atoms with E-state index >= 15 is 0 Å². The molecule has 0 spiro atoms. The maximum Gasteiger partial charge on any atom is 0.145 e. The highest BCUT2D eigenvalue weighted by Gasteiger charge is 2.11. The number of nitrogens with one attached hydrogen (secondary N) is 1. The lowest BCUT2D eigenvalue weighted by molar-refractivity contribution is 0.398. The molecule has 3 nitrogen and oxygen atoms in total. The van der Waals surface area contributed by atoms with Gasteiger partial charge in [-0.2, -0.15) is 0 Å². The minimum atomic E-state index is 0.190. The summed E-state index contributed by atoms with van der Waals surface area (Å²) in [6, 6.07) is 3.16. The van der Waals surface area contributed by atoms with Crippen LogP contribution in [0, 0.1) is 0 Å². The standard InChI is InChI=1S/C9H12ClNO2/c1-11-5-6-8(12)4-3-7(10)9(6)13-2/h3-4,11-12H,5H2,1-2H3. The first-order chi connectivity index (χ1) is 6.20. The Bertz CT molecular complexity index is 302. The fourth-order valence-electron chi connectivity index (χ4n) is 1.16. The van der Waals surface area contributed by atoms with Gasteiger partial charge >= 0.3 is 0 Å². The number of halogens is 1. The lowest BCUT2D eigenvalue weighted by Crippen LogP contribution is -2.07. The highest BCUT2D eigenvalue weighted by atomic mass is 35.5. The summed E-state index contributed by atoms with van der Waals surface area (Å²) in [5.74, 6) is 0.714. The van der Waals surface area contributed by atoms with Crippen LogP contribution in [-0.2, 0) is 6.54 Å². The van der Waals surface area contributed by atoms with Crippen molar-refractivity contribution in [2.45, 2.75) is 6.54 Å². The van der Waals surface area contributed by atoms with Gasteiger partial charge in [-0.25, -0.2) is 0 Å². The number of hydrogen-bond donors (Lipinski definition) is 2. The van der Waals surface area contributed by atoms with Crippen LogP contribution in [0.5, 0.6) is 11.5 Å². The van der Waals surface area contributed by atoms with Gasteiger partial charge in [0.25, 0.3) is 0 Å². The molecule has 1 aromatic carbocycles. The van der Waals surface area contributed by atoms with Crippen molar-refractivity contribution in [3.63, 3.8) is 0 Å². The van der Waals surface area contributed by atoms with Crippen molar-refractivity contribution in [2.24, 2.45) is 0 Å². The molecule has 0 heterocycles. The number of benzene rings is 1. The van der Waals surface area contributed by atoms with Gasteiger partial charge < -0.3 is 15.2 Å². The van der Waals surface area contributed by atoms with Crippen LogP contribution in [0.25, 0.3) is 0 Å². The molecule has 0 unspecified atom stereocenters. The highest BCUT2D eigenvalue weighted by molar-refractivity contribution is 6.32. The second-order valence-electron chi connectivity index (χ2n) is 2.61. The van der Waals surface area contributed by atoms with E-state index in [-0.39, 0.29) is 5.75 Å². The number of ether oxygens (including phenoxy) is 1. The number of hydrogen-bond acceptors (Lipinski definition) is 3. The molecule has 0 radical (unpaired) electrons. The summed E-state index contributed by atoms with van der Waals surface area (Å²) >= 11 is 5.87. The largest absolute Gasteiger partial charge is 0.507 e. The van der Waals surface area contributed by atoms with Gasteiger partial charge in [0.1, 0.15) is 11.5 Å². The third kappa shape index (κ3) is 2.05. The molecular formula is C9H12ClNO2. The quantitative estimate of drug-likeness (QED) is 0.784. The van der Waals surface area contributed by atoms with Crippen LogP contribution >= 0.6 is 11.6 Å². The third-order valence-corrected chi connectivity index (χ3v) is 2.04. The number of methoxy groups -OCH3 is 1. The minimum absolute atomic E-state index is 0.190. The fourth-order valence-corrected chi connectivity index (χ4v) is 1.41. The zero-order chi connectivity index (χ0) is 9.84. The van der Waals surface area contributed by atoms with Crippen LogP contribution in [0.2, 0.25) is 5.02 Å². The molecule has 1 aromatic rings. The van der Waals surface area contributed by atoms with Gasteiger partial charge in [0.15, 0.2) is 0 Å². The van der Waals surface area contributed by atoms with Gasteiger partial charge in [-0.3, -0.25) is 0 Å². The van der Waals surface area contributed by atoms with Crippen LogP contribution < -0.4 is 10.1 Å². The molecule has 13 heavy (non-hydrogen) atoms. The van der Waals surface area contributed by atoms with Gasteiger partial charge in [-0.1, -0.05) is 11.6 Å². The smallest absolute Gasteiger partial charge is 0.145 e. The van der Waals surface area contributed by atoms with E-state index in [1.54, 1.807) is 19.2 Å².